The lowest BCUT2D eigenvalue weighted by Gasteiger charge is -2.20. The van der Waals surface area contributed by atoms with E-state index in [-0.39, 0.29) is 23.1 Å². The molecule has 1 aromatic rings. The number of carboxylic acids is 1. The van der Waals surface area contributed by atoms with Gasteiger partial charge >= 0.3 is 5.97 Å². The van der Waals surface area contributed by atoms with Crippen molar-refractivity contribution in [2.45, 2.75) is 32.1 Å². The standard InChI is InChI=1S/C14H17ClO4/c1-7-5-10(19-2)14(18)13(15)12(7)9(6-11(16)17)8-3-4-8/h5,8-9,18H,3-4,6H2,1-2H3,(H,16,17). The van der Waals surface area contributed by atoms with Crippen LogP contribution in [0.2, 0.25) is 5.02 Å². The molecule has 104 valence electrons. The quantitative estimate of drug-likeness (QED) is 0.870. The number of halogens is 1. The Morgan fingerprint density at radius 1 is 1.58 bits per heavy atom. The Hall–Kier alpha value is -1.42. The molecule has 1 unspecified atom stereocenters. The van der Waals surface area contributed by atoms with Crippen LogP contribution >= 0.6 is 11.6 Å². The van der Waals surface area contributed by atoms with Gasteiger partial charge in [0.2, 0.25) is 0 Å². The number of aryl methyl sites for hydroxylation is 1. The normalized spacial score (nSPS) is 16.2. The van der Waals surface area contributed by atoms with Crippen LogP contribution in [-0.2, 0) is 4.79 Å². The third-order valence-corrected chi connectivity index (χ3v) is 4.01. The smallest absolute Gasteiger partial charge is 0.303 e. The van der Waals surface area contributed by atoms with E-state index in [0.29, 0.717) is 11.7 Å². The Kier molecular flexibility index (Phi) is 3.90. The van der Waals surface area contributed by atoms with Gasteiger partial charge in [0, 0.05) is 0 Å². The van der Waals surface area contributed by atoms with E-state index in [1.807, 2.05) is 6.92 Å². The number of methoxy groups -OCH3 is 1. The molecule has 0 aliphatic heterocycles. The predicted molar refractivity (Wildman–Crippen MR) is 72.1 cm³/mol. The van der Waals surface area contributed by atoms with Crippen molar-refractivity contribution in [3.05, 3.63) is 22.2 Å². The van der Waals surface area contributed by atoms with E-state index < -0.39 is 5.97 Å². The monoisotopic (exact) mass is 284 g/mol. The summed E-state index contributed by atoms with van der Waals surface area (Å²) in [5.41, 5.74) is 1.60. The van der Waals surface area contributed by atoms with Gasteiger partial charge < -0.3 is 14.9 Å². The van der Waals surface area contributed by atoms with Crippen molar-refractivity contribution in [2.75, 3.05) is 7.11 Å². The van der Waals surface area contributed by atoms with Crippen molar-refractivity contribution in [3.8, 4) is 11.5 Å². The van der Waals surface area contributed by atoms with Gasteiger partial charge in [-0.3, -0.25) is 4.79 Å². The van der Waals surface area contributed by atoms with E-state index in [4.69, 9.17) is 21.4 Å². The third-order valence-electron chi connectivity index (χ3n) is 3.63. The maximum atomic E-state index is 11.0. The van der Waals surface area contributed by atoms with E-state index in [9.17, 15) is 9.90 Å². The van der Waals surface area contributed by atoms with E-state index in [2.05, 4.69) is 0 Å². The van der Waals surface area contributed by atoms with E-state index in [0.717, 1.165) is 24.0 Å². The lowest BCUT2D eigenvalue weighted by molar-refractivity contribution is -0.137. The Balaban J connectivity index is 2.47. The molecular weight excluding hydrogens is 268 g/mol. The predicted octanol–water partition coefficient (Wildman–Crippen LogP) is 3.33. The first-order valence-corrected chi connectivity index (χ1v) is 6.61. The highest BCUT2D eigenvalue weighted by atomic mass is 35.5. The summed E-state index contributed by atoms with van der Waals surface area (Å²) < 4.78 is 5.05. The van der Waals surface area contributed by atoms with Crippen LogP contribution in [0.25, 0.3) is 0 Å². The summed E-state index contributed by atoms with van der Waals surface area (Å²) >= 11 is 6.21. The van der Waals surface area contributed by atoms with Gasteiger partial charge in [0.25, 0.3) is 0 Å². The number of ether oxygens (including phenoxy) is 1. The number of phenols is 1. The highest BCUT2D eigenvalue weighted by Gasteiger charge is 2.36. The van der Waals surface area contributed by atoms with Gasteiger partial charge in [-0.2, -0.15) is 0 Å². The minimum absolute atomic E-state index is 0.0387. The number of phenolic OH excluding ortho intramolecular Hbond substituents is 1. The van der Waals surface area contributed by atoms with Crippen LogP contribution in [0.5, 0.6) is 11.5 Å². The molecule has 2 N–H and O–H groups in total. The minimum Gasteiger partial charge on any atom is -0.503 e. The van der Waals surface area contributed by atoms with Gasteiger partial charge in [-0.15, -0.1) is 0 Å². The summed E-state index contributed by atoms with van der Waals surface area (Å²) in [6, 6.07) is 1.70. The maximum Gasteiger partial charge on any atom is 0.303 e. The number of carbonyl (C=O) groups is 1. The largest absolute Gasteiger partial charge is 0.503 e. The number of hydrogen-bond acceptors (Lipinski definition) is 3. The van der Waals surface area contributed by atoms with E-state index in [1.165, 1.54) is 7.11 Å². The van der Waals surface area contributed by atoms with Crippen LogP contribution in [0.15, 0.2) is 6.07 Å². The van der Waals surface area contributed by atoms with Gasteiger partial charge in [0.1, 0.15) is 0 Å². The molecule has 1 aromatic carbocycles. The van der Waals surface area contributed by atoms with Crippen molar-refractivity contribution in [3.63, 3.8) is 0 Å². The zero-order chi connectivity index (χ0) is 14.2. The fourth-order valence-electron chi connectivity index (χ4n) is 2.55. The van der Waals surface area contributed by atoms with Crippen LogP contribution in [-0.4, -0.2) is 23.3 Å². The fourth-order valence-corrected chi connectivity index (χ4v) is 2.94. The zero-order valence-corrected chi connectivity index (χ0v) is 11.7. The molecule has 0 bridgehead atoms. The molecule has 5 heteroatoms. The first kappa shape index (κ1) is 14.0. The van der Waals surface area contributed by atoms with Crippen molar-refractivity contribution < 1.29 is 19.7 Å². The van der Waals surface area contributed by atoms with Crippen LogP contribution in [0.3, 0.4) is 0 Å². The second-order valence-electron chi connectivity index (χ2n) is 5.01. The van der Waals surface area contributed by atoms with E-state index >= 15 is 0 Å². The first-order valence-electron chi connectivity index (χ1n) is 6.23. The minimum atomic E-state index is -0.845. The zero-order valence-electron chi connectivity index (χ0n) is 10.9. The molecule has 0 spiro atoms. The molecule has 4 nitrogen and oxygen atoms in total. The lowest BCUT2D eigenvalue weighted by Crippen LogP contribution is -2.10. The number of hydrogen-bond donors (Lipinski definition) is 2. The highest BCUT2D eigenvalue weighted by molar-refractivity contribution is 6.33. The maximum absolute atomic E-state index is 11.0. The molecule has 0 amide bonds. The lowest BCUT2D eigenvalue weighted by atomic mass is 9.87. The Morgan fingerprint density at radius 3 is 2.68 bits per heavy atom. The summed E-state index contributed by atoms with van der Waals surface area (Å²) in [6.07, 6.45) is 2.07. The molecule has 1 atom stereocenters. The highest BCUT2D eigenvalue weighted by Crippen LogP contribution is 2.50. The molecule has 19 heavy (non-hydrogen) atoms. The van der Waals surface area contributed by atoms with Gasteiger partial charge in [0.15, 0.2) is 11.5 Å². The average Bonchev–Trinajstić information content (AvgIpc) is 3.16. The topological polar surface area (TPSA) is 66.8 Å². The molecule has 2 rings (SSSR count). The molecule has 0 saturated heterocycles. The average molecular weight is 285 g/mol. The Labute approximate surface area is 117 Å². The van der Waals surface area contributed by atoms with Gasteiger partial charge in [-0.05, 0) is 48.8 Å². The Bertz CT molecular complexity index is 509. The van der Waals surface area contributed by atoms with Crippen molar-refractivity contribution in [1.82, 2.24) is 0 Å². The summed E-state index contributed by atoms with van der Waals surface area (Å²) in [5, 5.41) is 19.2. The number of benzene rings is 1. The summed E-state index contributed by atoms with van der Waals surface area (Å²) in [6.45, 7) is 1.86. The molecule has 1 saturated carbocycles. The molecule has 1 fully saturated rings. The molecule has 0 aromatic heterocycles. The summed E-state index contributed by atoms with van der Waals surface area (Å²) in [4.78, 5) is 11.0. The Morgan fingerprint density at radius 2 is 2.21 bits per heavy atom. The SMILES string of the molecule is COc1cc(C)c(C(CC(=O)O)C2CC2)c(Cl)c1O. The molecule has 0 heterocycles. The molecule has 1 aliphatic carbocycles. The van der Waals surface area contributed by atoms with Gasteiger partial charge in [-0.1, -0.05) is 11.6 Å². The van der Waals surface area contributed by atoms with Crippen LogP contribution < -0.4 is 4.74 Å². The van der Waals surface area contributed by atoms with Crippen molar-refractivity contribution in [1.29, 1.82) is 0 Å². The summed E-state index contributed by atoms with van der Waals surface area (Å²) in [7, 11) is 1.46. The van der Waals surface area contributed by atoms with Crippen molar-refractivity contribution in [2.24, 2.45) is 5.92 Å². The van der Waals surface area contributed by atoms with Crippen LogP contribution in [0.4, 0.5) is 0 Å². The number of aliphatic carboxylic acids is 1. The number of rotatable bonds is 5. The van der Waals surface area contributed by atoms with Crippen molar-refractivity contribution >= 4 is 17.6 Å². The molecular formula is C14H17ClO4. The first-order chi connectivity index (χ1) is 8.95. The van der Waals surface area contributed by atoms with Crippen LogP contribution in [0, 0.1) is 12.8 Å². The molecule has 0 radical (unpaired) electrons. The second-order valence-corrected chi connectivity index (χ2v) is 5.39. The van der Waals surface area contributed by atoms with E-state index in [1.54, 1.807) is 6.07 Å². The van der Waals surface area contributed by atoms with Crippen LogP contribution in [0.1, 0.15) is 36.3 Å². The summed E-state index contributed by atoms with van der Waals surface area (Å²) in [5.74, 6) is -0.429. The number of carboxylic acid groups (broad SMARTS) is 1. The van der Waals surface area contributed by atoms with Gasteiger partial charge in [0.05, 0.1) is 18.6 Å². The second kappa shape index (κ2) is 5.29. The van der Waals surface area contributed by atoms with Gasteiger partial charge in [-0.25, -0.2) is 0 Å². The fraction of sp³-hybridized carbons (Fsp3) is 0.500. The third kappa shape index (κ3) is 2.78. The molecule has 1 aliphatic rings. The number of aromatic hydroxyl groups is 1.